The van der Waals surface area contributed by atoms with Crippen LogP contribution in [0.5, 0.6) is 5.88 Å². The van der Waals surface area contributed by atoms with Gasteiger partial charge in [-0.25, -0.2) is 4.98 Å². The molecule has 0 unspecified atom stereocenters. The third-order valence-electron chi connectivity index (χ3n) is 4.55. The van der Waals surface area contributed by atoms with Crippen LogP contribution in [0.15, 0.2) is 41.7 Å². The first-order chi connectivity index (χ1) is 12.7. The molecule has 3 aromatic heterocycles. The van der Waals surface area contributed by atoms with Crippen molar-refractivity contribution in [3.8, 4) is 17.1 Å². The van der Waals surface area contributed by atoms with E-state index in [0.29, 0.717) is 5.88 Å². The number of thioether (sulfide) groups is 1. The molecule has 5 nitrogen and oxygen atoms in total. The summed E-state index contributed by atoms with van der Waals surface area (Å²) in [4.78, 5) is 9.25. The van der Waals surface area contributed by atoms with Gasteiger partial charge >= 0.3 is 0 Å². The number of benzene rings is 1. The van der Waals surface area contributed by atoms with Crippen molar-refractivity contribution in [2.75, 3.05) is 12.1 Å². The highest BCUT2D eigenvalue weighted by Crippen LogP contribution is 2.36. The number of aromatic nitrogens is 4. The Hall–Kier alpha value is -2.18. The lowest BCUT2D eigenvalue weighted by atomic mass is 10.1. The number of nitrogens with zero attached hydrogens (tertiary/aromatic N) is 4. The van der Waals surface area contributed by atoms with Crippen LogP contribution in [0.2, 0.25) is 0 Å². The SMILES string of the molecule is CSc1nc2c(c(C)c(-c3ccccc3)n2CCCCl)c2nc(O)cn12. The molecular weight excluding hydrogens is 368 g/mol. The van der Waals surface area contributed by atoms with Crippen molar-refractivity contribution in [3.63, 3.8) is 0 Å². The average Bonchev–Trinajstić information content (AvgIpc) is 3.17. The second-order valence-electron chi connectivity index (χ2n) is 6.12. The minimum atomic E-state index is 0.00349. The van der Waals surface area contributed by atoms with Crippen molar-refractivity contribution >= 4 is 40.0 Å². The van der Waals surface area contributed by atoms with Gasteiger partial charge in [-0.15, -0.1) is 11.6 Å². The minimum Gasteiger partial charge on any atom is -0.492 e. The fourth-order valence-corrected chi connectivity index (χ4v) is 4.13. The van der Waals surface area contributed by atoms with Gasteiger partial charge in [-0.1, -0.05) is 42.1 Å². The molecule has 0 aliphatic carbocycles. The van der Waals surface area contributed by atoms with E-state index in [-0.39, 0.29) is 5.88 Å². The molecular formula is C19H19ClN4OS. The van der Waals surface area contributed by atoms with Gasteiger partial charge in [0.2, 0.25) is 5.88 Å². The molecule has 0 spiro atoms. The van der Waals surface area contributed by atoms with Crippen LogP contribution >= 0.6 is 23.4 Å². The lowest BCUT2D eigenvalue weighted by Gasteiger charge is -2.11. The summed E-state index contributed by atoms with van der Waals surface area (Å²) in [6.45, 7) is 2.87. The Labute approximate surface area is 160 Å². The fourth-order valence-electron chi connectivity index (χ4n) is 3.50. The molecule has 0 aliphatic rings. The van der Waals surface area contributed by atoms with E-state index < -0.39 is 0 Å². The maximum absolute atomic E-state index is 9.97. The Morgan fingerprint density at radius 3 is 2.62 bits per heavy atom. The molecule has 3 heterocycles. The zero-order valence-electron chi connectivity index (χ0n) is 14.6. The summed E-state index contributed by atoms with van der Waals surface area (Å²) in [6.07, 6.45) is 4.44. The quantitative estimate of drug-likeness (QED) is 0.306. The van der Waals surface area contributed by atoms with E-state index in [9.17, 15) is 5.11 Å². The topological polar surface area (TPSA) is 55.3 Å². The van der Waals surface area contributed by atoms with Crippen LogP contribution in [0.4, 0.5) is 0 Å². The smallest absolute Gasteiger partial charge is 0.230 e. The largest absolute Gasteiger partial charge is 0.492 e. The van der Waals surface area contributed by atoms with Crippen molar-refractivity contribution in [1.82, 2.24) is 18.9 Å². The number of hydrogen-bond acceptors (Lipinski definition) is 4. The molecule has 7 heteroatoms. The average molecular weight is 387 g/mol. The van der Waals surface area contributed by atoms with Crippen molar-refractivity contribution in [3.05, 3.63) is 42.1 Å². The standard InChI is InChI=1S/C19H19ClN4OS/c1-12-15-17-21-14(25)11-24(17)19(26-2)22-18(15)23(10-6-9-20)16(12)13-7-4-3-5-8-13/h3-5,7-8,11,25H,6,9-10H2,1-2H3. The molecule has 1 N–H and O–H groups in total. The van der Waals surface area contributed by atoms with Gasteiger partial charge in [0.05, 0.1) is 17.3 Å². The molecule has 0 saturated carbocycles. The van der Waals surface area contributed by atoms with Crippen LogP contribution in [0.3, 0.4) is 0 Å². The Balaban J connectivity index is 2.13. The highest BCUT2D eigenvalue weighted by Gasteiger charge is 2.22. The molecule has 4 rings (SSSR count). The van der Waals surface area contributed by atoms with E-state index >= 15 is 0 Å². The van der Waals surface area contributed by atoms with E-state index in [1.165, 1.54) is 11.8 Å². The second-order valence-corrected chi connectivity index (χ2v) is 7.27. The van der Waals surface area contributed by atoms with Gasteiger partial charge in [0.1, 0.15) is 5.65 Å². The first-order valence-electron chi connectivity index (χ1n) is 8.42. The van der Waals surface area contributed by atoms with Gasteiger partial charge in [-0.2, -0.15) is 4.98 Å². The minimum absolute atomic E-state index is 0.00349. The summed E-state index contributed by atoms with van der Waals surface area (Å²) < 4.78 is 4.09. The second kappa shape index (κ2) is 6.85. The number of aromatic hydroxyl groups is 1. The van der Waals surface area contributed by atoms with Crippen LogP contribution in [0.1, 0.15) is 12.0 Å². The van der Waals surface area contributed by atoms with Crippen molar-refractivity contribution in [1.29, 1.82) is 0 Å². The van der Waals surface area contributed by atoms with Crippen LogP contribution < -0.4 is 0 Å². The zero-order chi connectivity index (χ0) is 18.3. The number of rotatable bonds is 5. The third-order valence-corrected chi connectivity index (χ3v) is 5.47. The molecule has 0 fully saturated rings. The van der Waals surface area contributed by atoms with E-state index in [4.69, 9.17) is 16.6 Å². The summed E-state index contributed by atoms with van der Waals surface area (Å²) in [5.41, 5.74) is 4.99. The predicted molar refractivity (Wildman–Crippen MR) is 107 cm³/mol. The number of halogens is 1. The lowest BCUT2D eigenvalue weighted by molar-refractivity contribution is 0.457. The fraction of sp³-hybridized carbons (Fsp3) is 0.263. The van der Waals surface area contributed by atoms with Gasteiger partial charge < -0.3 is 9.67 Å². The summed E-state index contributed by atoms with van der Waals surface area (Å²) >= 11 is 7.51. The highest BCUT2D eigenvalue weighted by atomic mass is 35.5. The van der Waals surface area contributed by atoms with Crippen LogP contribution in [-0.4, -0.2) is 36.2 Å². The van der Waals surface area contributed by atoms with E-state index in [2.05, 4.69) is 28.6 Å². The van der Waals surface area contributed by atoms with Crippen LogP contribution in [0, 0.1) is 6.92 Å². The number of aryl methyl sites for hydroxylation is 2. The number of fused-ring (bicyclic) bond motifs is 3. The van der Waals surface area contributed by atoms with Crippen molar-refractivity contribution in [2.45, 2.75) is 25.0 Å². The molecule has 4 aromatic rings. The number of alkyl halides is 1. The maximum Gasteiger partial charge on any atom is 0.230 e. The first-order valence-corrected chi connectivity index (χ1v) is 10.2. The Morgan fingerprint density at radius 2 is 1.92 bits per heavy atom. The molecule has 26 heavy (non-hydrogen) atoms. The normalized spacial score (nSPS) is 11.7. The molecule has 0 bridgehead atoms. The van der Waals surface area contributed by atoms with Crippen LogP contribution in [-0.2, 0) is 6.54 Å². The zero-order valence-corrected chi connectivity index (χ0v) is 16.2. The third kappa shape index (κ3) is 2.64. The predicted octanol–water partition coefficient (Wildman–Crippen LogP) is 4.72. The van der Waals surface area contributed by atoms with E-state index in [0.717, 1.165) is 51.6 Å². The summed E-state index contributed by atoms with van der Waals surface area (Å²) in [5.74, 6) is 0.595. The monoisotopic (exact) mass is 386 g/mol. The summed E-state index contributed by atoms with van der Waals surface area (Å²) in [5, 5.41) is 11.7. The van der Waals surface area contributed by atoms with Gasteiger partial charge in [0, 0.05) is 12.4 Å². The van der Waals surface area contributed by atoms with Crippen LogP contribution in [0.25, 0.3) is 27.9 Å². The molecule has 0 amide bonds. The van der Waals surface area contributed by atoms with Crippen molar-refractivity contribution < 1.29 is 5.11 Å². The Morgan fingerprint density at radius 1 is 1.15 bits per heavy atom. The molecule has 0 radical (unpaired) electrons. The molecule has 0 aliphatic heterocycles. The molecule has 134 valence electrons. The maximum atomic E-state index is 9.97. The van der Waals surface area contributed by atoms with Crippen molar-refractivity contribution in [2.24, 2.45) is 0 Å². The van der Waals surface area contributed by atoms with E-state index in [1.54, 1.807) is 6.20 Å². The highest BCUT2D eigenvalue weighted by molar-refractivity contribution is 7.98. The van der Waals surface area contributed by atoms with E-state index in [1.807, 2.05) is 28.9 Å². The summed E-state index contributed by atoms with van der Waals surface area (Å²) in [6, 6.07) is 10.3. The van der Waals surface area contributed by atoms with Gasteiger partial charge in [0.25, 0.3) is 0 Å². The molecule has 0 atom stereocenters. The molecule has 0 saturated heterocycles. The number of imidazole rings is 1. The van der Waals surface area contributed by atoms with Gasteiger partial charge in [0.15, 0.2) is 10.8 Å². The first kappa shape index (κ1) is 17.2. The Bertz CT molecular complexity index is 1090. The Kier molecular flexibility index (Phi) is 4.54. The lowest BCUT2D eigenvalue weighted by Crippen LogP contribution is -2.04. The summed E-state index contributed by atoms with van der Waals surface area (Å²) in [7, 11) is 0. The number of hydrogen-bond donors (Lipinski definition) is 1. The van der Waals surface area contributed by atoms with Gasteiger partial charge in [-0.05, 0) is 30.7 Å². The van der Waals surface area contributed by atoms with Gasteiger partial charge in [-0.3, -0.25) is 4.40 Å². The molecule has 1 aromatic carbocycles.